The van der Waals surface area contributed by atoms with E-state index in [0.717, 1.165) is 6.92 Å². The SMILES string of the molecule is CC1COC(CO)CN1C(=O)NCC(C)(O)C(=O)O. The topological polar surface area (TPSA) is 119 Å². The molecule has 0 aromatic heterocycles. The summed E-state index contributed by atoms with van der Waals surface area (Å²) in [6.07, 6.45) is -0.443. The van der Waals surface area contributed by atoms with Crippen molar-refractivity contribution in [2.75, 3.05) is 26.3 Å². The minimum Gasteiger partial charge on any atom is -0.479 e. The highest BCUT2D eigenvalue weighted by Gasteiger charge is 2.33. The molecular formula is C11H20N2O6. The molecule has 1 saturated heterocycles. The van der Waals surface area contributed by atoms with E-state index < -0.39 is 30.3 Å². The fraction of sp³-hybridized carbons (Fsp3) is 0.818. The number of aliphatic carboxylic acids is 1. The summed E-state index contributed by atoms with van der Waals surface area (Å²) < 4.78 is 5.29. The zero-order valence-corrected chi connectivity index (χ0v) is 11.0. The first-order valence-electron chi connectivity index (χ1n) is 6.00. The Hall–Kier alpha value is -1.38. The molecular weight excluding hydrogens is 256 g/mol. The molecule has 0 spiro atoms. The quantitative estimate of drug-likeness (QED) is 0.502. The van der Waals surface area contributed by atoms with Gasteiger partial charge in [0.1, 0.15) is 0 Å². The van der Waals surface area contributed by atoms with Crippen LogP contribution in [0.15, 0.2) is 0 Å². The number of hydrogen-bond acceptors (Lipinski definition) is 5. The van der Waals surface area contributed by atoms with Crippen LogP contribution < -0.4 is 5.32 Å². The summed E-state index contributed by atoms with van der Waals surface area (Å²) in [5, 5.41) is 29.6. The molecule has 0 aromatic carbocycles. The zero-order valence-electron chi connectivity index (χ0n) is 11.0. The summed E-state index contributed by atoms with van der Waals surface area (Å²) in [5.41, 5.74) is -2.01. The number of rotatable bonds is 4. The molecule has 1 aliphatic rings. The van der Waals surface area contributed by atoms with Crippen LogP contribution in [0.5, 0.6) is 0 Å². The largest absolute Gasteiger partial charge is 0.479 e. The smallest absolute Gasteiger partial charge is 0.337 e. The zero-order chi connectivity index (χ0) is 14.6. The monoisotopic (exact) mass is 276 g/mol. The fourth-order valence-electron chi connectivity index (χ4n) is 1.64. The Balaban J connectivity index is 2.54. The normalized spacial score (nSPS) is 26.6. The first kappa shape index (κ1) is 15.7. The van der Waals surface area contributed by atoms with E-state index in [9.17, 15) is 14.7 Å². The minimum absolute atomic E-state index is 0.183. The van der Waals surface area contributed by atoms with Gasteiger partial charge in [0.05, 0.1) is 38.4 Å². The van der Waals surface area contributed by atoms with Crippen molar-refractivity contribution in [3.05, 3.63) is 0 Å². The van der Waals surface area contributed by atoms with Gasteiger partial charge >= 0.3 is 12.0 Å². The van der Waals surface area contributed by atoms with Gasteiger partial charge in [-0.1, -0.05) is 0 Å². The van der Waals surface area contributed by atoms with Crippen molar-refractivity contribution in [2.24, 2.45) is 0 Å². The average molecular weight is 276 g/mol. The standard InChI is InChI=1S/C11H20N2O6/c1-7-5-19-8(4-14)3-13(7)10(17)12-6-11(2,18)9(15)16/h7-8,14,18H,3-6H2,1-2H3,(H,12,17)(H,15,16). The number of amides is 2. The van der Waals surface area contributed by atoms with E-state index in [4.69, 9.17) is 14.9 Å². The molecule has 2 amide bonds. The van der Waals surface area contributed by atoms with Crippen LogP contribution in [-0.2, 0) is 9.53 Å². The molecule has 19 heavy (non-hydrogen) atoms. The lowest BCUT2D eigenvalue weighted by Gasteiger charge is -2.37. The van der Waals surface area contributed by atoms with Crippen LogP contribution in [0.1, 0.15) is 13.8 Å². The van der Waals surface area contributed by atoms with Crippen LogP contribution in [0.3, 0.4) is 0 Å². The van der Waals surface area contributed by atoms with Gasteiger partial charge in [-0.05, 0) is 13.8 Å². The Morgan fingerprint density at radius 1 is 1.53 bits per heavy atom. The first-order valence-corrected chi connectivity index (χ1v) is 6.00. The average Bonchev–Trinajstić information content (AvgIpc) is 2.36. The van der Waals surface area contributed by atoms with Crippen molar-refractivity contribution < 1.29 is 29.6 Å². The first-order chi connectivity index (χ1) is 8.77. The maximum absolute atomic E-state index is 11.9. The summed E-state index contributed by atoms with van der Waals surface area (Å²) in [5.74, 6) is -1.41. The molecule has 8 heteroatoms. The molecule has 4 N–H and O–H groups in total. The lowest BCUT2D eigenvalue weighted by atomic mass is 10.1. The highest BCUT2D eigenvalue weighted by Crippen LogP contribution is 2.12. The summed E-state index contributed by atoms with van der Waals surface area (Å²) in [7, 11) is 0. The molecule has 1 aliphatic heterocycles. The van der Waals surface area contributed by atoms with Crippen LogP contribution in [0.25, 0.3) is 0 Å². The minimum atomic E-state index is -2.01. The van der Waals surface area contributed by atoms with E-state index in [0.29, 0.717) is 6.61 Å². The molecule has 3 atom stereocenters. The third kappa shape index (κ3) is 4.05. The molecule has 0 aliphatic carbocycles. The van der Waals surface area contributed by atoms with Crippen LogP contribution in [0.2, 0.25) is 0 Å². The second kappa shape index (κ2) is 6.18. The Morgan fingerprint density at radius 3 is 2.68 bits per heavy atom. The molecule has 1 rings (SSSR count). The predicted molar refractivity (Wildman–Crippen MR) is 64.7 cm³/mol. The highest BCUT2D eigenvalue weighted by molar-refractivity contribution is 5.79. The highest BCUT2D eigenvalue weighted by atomic mass is 16.5. The van der Waals surface area contributed by atoms with Crippen molar-refractivity contribution in [2.45, 2.75) is 31.6 Å². The third-order valence-corrected chi connectivity index (χ3v) is 3.01. The van der Waals surface area contributed by atoms with E-state index in [1.807, 2.05) is 0 Å². The maximum Gasteiger partial charge on any atom is 0.337 e. The van der Waals surface area contributed by atoms with Gasteiger partial charge in [-0.25, -0.2) is 9.59 Å². The number of hydrogen-bond donors (Lipinski definition) is 4. The van der Waals surface area contributed by atoms with Gasteiger partial charge < -0.3 is 30.3 Å². The molecule has 3 unspecified atom stereocenters. The lowest BCUT2D eigenvalue weighted by Crippen LogP contribution is -2.57. The summed E-state index contributed by atoms with van der Waals surface area (Å²) >= 11 is 0. The van der Waals surface area contributed by atoms with Crippen molar-refractivity contribution in [1.29, 1.82) is 0 Å². The molecule has 0 aromatic rings. The number of nitrogens with one attached hydrogen (secondary N) is 1. The molecule has 1 heterocycles. The third-order valence-electron chi connectivity index (χ3n) is 3.01. The fourth-order valence-corrected chi connectivity index (χ4v) is 1.64. The molecule has 1 fully saturated rings. The van der Waals surface area contributed by atoms with Gasteiger partial charge in [-0.15, -0.1) is 0 Å². The van der Waals surface area contributed by atoms with Crippen LogP contribution in [0.4, 0.5) is 4.79 Å². The number of carboxylic acids is 1. The number of aliphatic hydroxyl groups is 2. The van der Waals surface area contributed by atoms with E-state index in [1.165, 1.54) is 4.90 Å². The van der Waals surface area contributed by atoms with Crippen LogP contribution in [-0.4, -0.2) is 76.3 Å². The van der Waals surface area contributed by atoms with Crippen LogP contribution >= 0.6 is 0 Å². The van der Waals surface area contributed by atoms with Crippen LogP contribution in [0, 0.1) is 0 Å². The number of urea groups is 1. The molecule has 0 saturated carbocycles. The van der Waals surface area contributed by atoms with Gasteiger partial charge in [-0.2, -0.15) is 0 Å². The maximum atomic E-state index is 11.9. The Kier molecular flexibility index (Phi) is 5.10. The van der Waals surface area contributed by atoms with Gasteiger partial charge in [0.15, 0.2) is 5.60 Å². The van der Waals surface area contributed by atoms with E-state index >= 15 is 0 Å². The molecule has 0 bridgehead atoms. The van der Waals surface area contributed by atoms with Crippen molar-refractivity contribution >= 4 is 12.0 Å². The number of nitrogens with zero attached hydrogens (tertiary/aromatic N) is 1. The molecule has 110 valence electrons. The second-order valence-corrected chi connectivity index (χ2v) is 4.88. The van der Waals surface area contributed by atoms with E-state index in [1.54, 1.807) is 6.92 Å². The number of carbonyl (C=O) groups excluding carboxylic acids is 1. The van der Waals surface area contributed by atoms with Gasteiger partial charge in [0.2, 0.25) is 0 Å². The number of ether oxygens (including phenoxy) is 1. The number of aliphatic hydroxyl groups excluding tert-OH is 1. The summed E-state index contributed by atoms with van der Waals surface area (Å²) in [6, 6.07) is -0.673. The predicted octanol–water partition coefficient (Wildman–Crippen LogP) is -1.39. The van der Waals surface area contributed by atoms with Crippen molar-refractivity contribution in [3.63, 3.8) is 0 Å². The van der Waals surface area contributed by atoms with Gasteiger partial charge in [0, 0.05) is 0 Å². The molecule has 0 radical (unpaired) electrons. The number of morpholine rings is 1. The second-order valence-electron chi connectivity index (χ2n) is 4.88. The Labute approximate surface area is 111 Å². The Bertz CT molecular complexity index is 346. The van der Waals surface area contributed by atoms with Gasteiger partial charge in [-0.3, -0.25) is 0 Å². The van der Waals surface area contributed by atoms with Crippen molar-refractivity contribution in [1.82, 2.24) is 10.2 Å². The van der Waals surface area contributed by atoms with E-state index in [2.05, 4.69) is 5.32 Å². The summed E-state index contributed by atoms with van der Waals surface area (Å²) in [4.78, 5) is 24.1. The Morgan fingerprint density at radius 2 is 2.16 bits per heavy atom. The van der Waals surface area contributed by atoms with Crippen molar-refractivity contribution in [3.8, 4) is 0 Å². The number of carboxylic acid groups (broad SMARTS) is 1. The lowest BCUT2D eigenvalue weighted by molar-refractivity contribution is -0.155. The van der Waals surface area contributed by atoms with E-state index in [-0.39, 0.29) is 19.2 Å². The number of carbonyl (C=O) groups is 2. The molecule has 8 nitrogen and oxygen atoms in total. The summed E-state index contributed by atoms with van der Waals surface area (Å²) in [6.45, 7) is 2.82. The van der Waals surface area contributed by atoms with Gasteiger partial charge in [0.25, 0.3) is 0 Å².